The highest BCUT2D eigenvalue weighted by Crippen LogP contribution is 2.35. The molecule has 88 valence electrons. The van der Waals surface area contributed by atoms with Crippen molar-refractivity contribution in [3.8, 4) is 0 Å². The summed E-state index contributed by atoms with van der Waals surface area (Å²) in [5, 5.41) is 7.03. The van der Waals surface area contributed by atoms with Crippen LogP contribution >= 0.6 is 0 Å². The molecule has 0 atom stereocenters. The molecule has 0 radical (unpaired) electrons. The maximum absolute atomic E-state index is 11.7. The van der Waals surface area contributed by atoms with Crippen LogP contribution in [0.25, 0.3) is 0 Å². The van der Waals surface area contributed by atoms with Gasteiger partial charge < -0.3 is 4.74 Å². The Morgan fingerprint density at radius 2 is 2.31 bits per heavy atom. The third kappa shape index (κ3) is 1.96. The van der Waals surface area contributed by atoms with Crippen LogP contribution < -0.4 is 0 Å². The first-order valence-electron chi connectivity index (χ1n) is 5.77. The maximum Gasteiger partial charge on any atom is 0.359 e. The van der Waals surface area contributed by atoms with Crippen molar-refractivity contribution in [2.24, 2.45) is 5.41 Å². The lowest BCUT2D eigenvalue weighted by Gasteiger charge is -2.29. The normalized spacial score (nSPS) is 17.9. The summed E-state index contributed by atoms with van der Waals surface area (Å²) in [7, 11) is 0. The lowest BCUT2D eigenvalue weighted by molar-refractivity contribution is 0.0517. The zero-order valence-corrected chi connectivity index (χ0v) is 10.1. The number of hydrogen-bond acceptors (Lipinski definition) is 3. The second-order valence-corrected chi connectivity index (χ2v) is 5.09. The number of esters is 1. The molecule has 0 amide bonds. The van der Waals surface area contributed by atoms with Crippen LogP contribution in [0.1, 0.15) is 48.9 Å². The first-order chi connectivity index (χ1) is 7.53. The van der Waals surface area contributed by atoms with Crippen LogP contribution in [0, 0.1) is 5.41 Å². The first kappa shape index (κ1) is 11.2. The maximum atomic E-state index is 11.7. The Kier molecular flexibility index (Phi) is 2.74. The molecule has 0 unspecified atom stereocenters. The number of nitrogens with zero attached hydrogens (tertiary/aromatic N) is 1. The summed E-state index contributed by atoms with van der Waals surface area (Å²) in [6.45, 7) is 6.64. The highest BCUT2D eigenvalue weighted by atomic mass is 16.5. The number of carbonyl (C=O) groups is 1. The van der Waals surface area contributed by atoms with E-state index in [0.29, 0.717) is 12.3 Å². The number of carbonyl (C=O) groups excluding carboxylic acids is 1. The van der Waals surface area contributed by atoms with Gasteiger partial charge in [0.2, 0.25) is 0 Å². The van der Waals surface area contributed by atoms with Gasteiger partial charge >= 0.3 is 5.97 Å². The highest BCUT2D eigenvalue weighted by Gasteiger charge is 2.31. The number of rotatable bonds is 2. The fraction of sp³-hybridized carbons (Fsp3) is 0.667. The largest absolute Gasteiger partial charge is 0.461 e. The van der Waals surface area contributed by atoms with E-state index >= 15 is 0 Å². The SMILES string of the molecule is CCOC(=O)c1n[nH]c2c1CC(C)(C)CC2. The minimum Gasteiger partial charge on any atom is -0.461 e. The molecule has 0 spiro atoms. The molecule has 1 aliphatic carbocycles. The molecule has 0 bridgehead atoms. The van der Waals surface area contributed by atoms with Crippen molar-refractivity contribution in [2.45, 2.75) is 40.0 Å². The zero-order chi connectivity index (χ0) is 11.8. The van der Waals surface area contributed by atoms with Crippen molar-refractivity contribution in [1.29, 1.82) is 0 Å². The molecule has 4 nitrogen and oxygen atoms in total. The minimum absolute atomic E-state index is 0.248. The molecule has 0 saturated heterocycles. The van der Waals surface area contributed by atoms with Gasteiger partial charge in [0, 0.05) is 11.3 Å². The van der Waals surface area contributed by atoms with E-state index in [1.807, 2.05) is 0 Å². The molecule has 0 aliphatic heterocycles. The van der Waals surface area contributed by atoms with Crippen LogP contribution in [0.3, 0.4) is 0 Å². The van der Waals surface area contributed by atoms with Gasteiger partial charge in [0.1, 0.15) is 0 Å². The van der Waals surface area contributed by atoms with Crippen molar-refractivity contribution in [2.75, 3.05) is 6.61 Å². The number of aromatic amines is 1. The van der Waals surface area contributed by atoms with Crippen molar-refractivity contribution in [3.63, 3.8) is 0 Å². The van der Waals surface area contributed by atoms with Gasteiger partial charge in [-0.2, -0.15) is 5.10 Å². The second-order valence-electron chi connectivity index (χ2n) is 5.09. The first-order valence-corrected chi connectivity index (χ1v) is 5.77. The molecule has 0 fully saturated rings. The van der Waals surface area contributed by atoms with E-state index in [-0.39, 0.29) is 11.4 Å². The number of hydrogen-bond donors (Lipinski definition) is 1. The average Bonchev–Trinajstić information content (AvgIpc) is 2.59. The molecule has 1 aromatic rings. The van der Waals surface area contributed by atoms with Gasteiger partial charge in [0.25, 0.3) is 0 Å². The Labute approximate surface area is 95.4 Å². The molecule has 0 saturated carbocycles. The molecule has 1 heterocycles. The molecule has 1 aliphatic rings. The molecular formula is C12H18N2O2. The number of fused-ring (bicyclic) bond motifs is 1. The molecule has 0 aromatic carbocycles. The number of aromatic nitrogens is 2. The van der Waals surface area contributed by atoms with Crippen LogP contribution in [0.2, 0.25) is 0 Å². The van der Waals surface area contributed by atoms with Gasteiger partial charge in [-0.15, -0.1) is 0 Å². The standard InChI is InChI=1S/C12H18N2O2/c1-4-16-11(15)10-8-7-12(2,3)6-5-9(8)13-14-10/h4-7H2,1-3H3,(H,13,14). The Morgan fingerprint density at radius 1 is 1.56 bits per heavy atom. The Balaban J connectivity index is 2.30. The number of ether oxygens (including phenoxy) is 1. The third-order valence-electron chi connectivity index (χ3n) is 3.13. The molecule has 2 rings (SSSR count). The van der Waals surface area contributed by atoms with Crippen molar-refractivity contribution in [3.05, 3.63) is 17.0 Å². The summed E-state index contributed by atoms with van der Waals surface area (Å²) in [5.41, 5.74) is 2.87. The van der Waals surface area contributed by atoms with Crippen molar-refractivity contribution in [1.82, 2.24) is 10.2 Å². The lowest BCUT2D eigenvalue weighted by Crippen LogP contribution is -2.23. The van der Waals surface area contributed by atoms with E-state index in [4.69, 9.17) is 4.74 Å². The van der Waals surface area contributed by atoms with Crippen LogP contribution in [0.4, 0.5) is 0 Å². The van der Waals surface area contributed by atoms with Gasteiger partial charge in [-0.3, -0.25) is 5.10 Å². The van der Waals surface area contributed by atoms with Crippen LogP contribution in [0.15, 0.2) is 0 Å². The van der Waals surface area contributed by atoms with E-state index in [0.717, 1.165) is 30.5 Å². The minimum atomic E-state index is -0.308. The van der Waals surface area contributed by atoms with Crippen LogP contribution in [0.5, 0.6) is 0 Å². The molecule has 1 aromatic heterocycles. The van der Waals surface area contributed by atoms with Crippen LogP contribution in [-0.2, 0) is 17.6 Å². The summed E-state index contributed by atoms with van der Waals surface area (Å²) in [6.07, 6.45) is 2.99. The molecule has 16 heavy (non-hydrogen) atoms. The van der Waals surface area contributed by atoms with E-state index in [1.54, 1.807) is 6.92 Å². The van der Waals surface area contributed by atoms with Crippen molar-refractivity contribution < 1.29 is 9.53 Å². The Morgan fingerprint density at radius 3 is 3.00 bits per heavy atom. The van der Waals surface area contributed by atoms with Gasteiger partial charge in [0.15, 0.2) is 5.69 Å². The lowest BCUT2D eigenvalue weighted by atomic mass is 9.76. The van der Waals surface area contributed by atoms with Gasteiger partial charge in [-0.1, -0.05) is 13.8 Å². The summed E-state index contributed by atoms with van der Waals surface area (Å²) in [5.74, 6) is -0.308. The average molecular weight is 222 g/mol. The molecule has 1 N–H and O–H groups in total. The summed E-state index contributed by atoms with van der Waals surface area (Å²) < 4.78 is 5.00. The monoisotopic (exact) mass is 222 g/mol. The topological polar surface area (TPSA) is 55.0 Å². The highest BCUT2D eigenvalue weighted by molar-refractivity contribution is 5.89. The quantitative estimate of drug-likeness (QED) is 0.780. The second kappa shape index (κ2) is 3.92. The van der Waals surface area contributed by atoms with Gasteiger partial charge in [-0.05, 0) is 31.6 Å². The summed E-state index contributed by atoms with van der Waals surface area (Å²) >= 11 is 0. The van der Waals surface area contributed by atoms with Crippen LogP contribution in [-0.4, -0.2) is 22.8 Å². The number of H-pyrrole nitrogens is 1. The van der Waals surface area contributed by atoms with E-state index in [1.165, 1.54) is 0 Å². The van der Waals surface area contributed by atoms with E-state index in [2.05, 4.69) is 24.0 Å². The van der Waals surface area contributed by atoms with E-state index < -0.39 is 0 Å². The fourth-order valence-electron chi connectivity index (χ4n) is 2.20. The predicted octanol–water partition coefficient (Wildman–Crippen LogP) is 2.10. The van der Waals surface area contributed by atoms with Gasteiger partial charge in [0.05, 0.1) is 6.61 Å². The number of aryl methyl sites for hydroxylation is 1. The zero-order valence-electron chi connectivity index (χ0n) is 10.1. The smallest absolute Gasteiger partial charge is 0.359 e. The fourth-order valence-corrected chi connectivity index (χ4v) is 2.20. The molecule has 4 heteroatoms. The predicted molar refractivity (Wildman–Crippen MR) is 60.4 cm³/mol. The third-order valence-corrected chi connectivity index (χ3v) is 3.13. The number of nitrogens with one attached hydrogen (secondary N) is 1. The van der Waals surface area contributed by atoms with E-state index in [9.17, 15) is 4.79 Å². The summed E-state index contributed by atoms with van der Waals surface area (Å²) in [6, 6.07) is 0. The summed E-state index contributed by atoms with van der Waals surface area (Å²) in [4.78, 5) is 11.7. The van der Waals surface area contributed by atoms with Gasteiger partial charge in [-0.25, -0.2) is 4.79 Å². The Bertz CT molecular complexity index is 407. The Hall–Kier alpha value is -1.32. The molecular weight excluding hydrogens is 204 g/mol. The van der Waals surface area contributed by atoms with Crippen molar-refractivity contribution >= 4 is 5.97 Å².